The molecule has 0 aliphatic carbocycles. The average Bonchev–Trinajstić information content (AvgIpc) is 2.58. The van der Waals surface area contributed by atoms with Crippen molar-refractivity contribution in [1.29, 1.82) is 0 Å². The molecule has 0 aromatic heterocycles. The van der Waals surface area contributed by atoms with Gasteiger partial charge in [0.25, 0.3) is 0 Å². The van der Waals surface area contributed by atoms with E-state index < -0.39 is 0 Å². The highest BCUT2D eigenvalue weighted by molar-refractivity contribution is 7.99. The minimum atomic E-state index is 0.277. The Bertz CT molecular complexity index is 147. The molecule has 0 aromatic carbocycles. The number of aliphatic hydroxyl groups is 1. The average molecular weight is 187 g/mol. The first-order valence-electron chi connectivity index (χ1n) is 4.32. The van der Waals surface area contributed by atoms with Gasteiger partial charge < -0.3 is 5.11 Å². The second-order valence-electron chi connectivity index (χ2n) is 3.12. The van der Waals surface area contributed by atoms with Crippen molar-refractivity contribution in [2.75, 3.05) is 26.0 Å². The Hall–Kier alpha value is 0.0100. The van der Waals surface area contributed by atoms with Gasteiger partial charge in [0.05, 0.1) is 6.61 Å². The molecule has 0 spiro atoms. The van der Waals surface area contributed by atoms with Crippen molar-refractivity contribution >= 4 is 11.8 Å². The van der Waals surface area contributed by atoms with Crippen LogP contribution >= 0.6 is 11.8 Å². The molecule has 2 unspecified atom stereocenters. The van der Waals surface area contributed by atoms with E-state index in [0.29, 0.717) is 11.3 Å². The molecule has 1 rings (SSSR count). The molecule has 0 radical (unpaired) electrons. The lowest BCUT2D eigenvalue weighted by molar-refractivity contribution is 0.209. The number of nitrogens with zero attached hydrogens (tertiary/aromatic N) is 1. The summed E-state index contributed by atoms with van der Waals surface area (Å²) < 4.78 is 0. The van der Waals surface area contributed by atoms with E-state index in [0.717, 1.165) is 13.1 Å². The normalized spacial score (nSPS) is 22.9. The maximum Gasteiger partial charge on any atom is 0.0565 e. The number of rotatable bonds is 4. The third kappa shape index (κ3) is 2.25. The zero-order chi connectivity index (χ0) is 8.97. The Morgan fingerprint density at radius 2 is 2.08 bits per heavy atom. The minimum Gasteiger partial charge on any atom is -0.395 e. The van der Waals surface area contributed by atoms with E-state index in [1.54, 1.807) is 11.8 Å². The SMILES string of the molecule is CSC(CO)C(C)N1CC=CC1. The Kier molecular flexibility index (Phi) is 4.12. The molecule has 1 heterocycles. The van der Waals surface area contributed by atoms with Gasteiger partial charge in [-0.3, -0.25) is 4.90 Å². The van der Waals surface area contributed by atoms with Gasteiger partial charge in [-0.15, -0.1) is 0 Å². The highest BCUT2D eigenvalue weighted by atomic mass is 32.2. The first-order chi connectivity index (χ1) is 5.79. The van der Waals surface area contributed by atoms with E-state index in [-0.39, 0.29) is 6.61 Å². The third-order valence-corrected chi connectivity index (χ3v) is 3.59. The minimum absolute atomic E-state index is 0.277. The van der Waals surface area contributed by atoms with Gasteiger partial charge in [-0.2, -0.15) is 11.8 Å². The summed E-state index contributed by atoms with van der Waals surface area (Å²) in [7, 11) is 0. The second-order valence-corrected chi connectivity index (χ2v) is 4.20. The summed E-state index contributed by atoms with van der Waals surface area (Å²) in [6.45, 7) is 4.54. The van der Waals surface area contributed by atoms with Gasteiger partial charge in [-0.1, -0.05) is 12.2 Å². The molecular weight excluding hydrogens is 170 g/mol. The van der Waals surface area contributed by atoms with Crippen LogP contribution in [0.2, 0.25) is 0 Å². The van der Waals surface area contributed by atoms with Gasteiger partial charge in [0.15, 0.2) is 0 Å². The number of thioether (sulfide) groups is 1. The first-order valence-corrected chi connectivity index (χ1v) is 5.61. The highest BCUT2D eigenvalue weighted by Gasteiger charge is 2.22. The van der Waals surface area contributed by atoms with E-state index in [2.05, 4.69) is 30.2 Å². The second kappa shape index (κ2) is 4.90. The van der Waals surface area contributed by atoms with Crippen LogP contribution in [-0.4, -0.2) is 47.3 Å². The van der Waals surface area contributed by atoms with Crippen molar-refractivity contribution in [2.24, 2.45) is 0 Å². The van der Waals surface area contributed by atoms with Crippen LogP contribution in [0.4, 0.5) is 0 Å². The molecular formula is C9H17NOS. The fourth-order valence-electron chi connectivity index (χ4n) is 1.49. The van der Waals surface area contributed by atoms with Crippen LogP contribution < -0.4 is 0 Å². The summed E-state index contributed by atoms with van der Waals surface area (Å²) >= 11 is 1.75. The van der Waals surface area contributed by atoms with Crippen LogP contribution in [0.15, 0.2) is 12.2 Å². The molecule has 0 saturated carbocycles. The van der Waals surface area contributed by atoms with Crippen molar-refractivity contribution in [3.05, 3.63) is 12.2 Å². The summed E-state index contributed by atoms with van der Waals surface area (Å²) in [5.41, 5.74) is 0. The third-order valence-electron chi connectivity index (χ3n) is 2.44. The molecule has 0 bridgehead atoms. The predicted molar refractivity (Wildman–Crippen MR) is 54.6 cm³/mol. The molecule has 1 aliphatic rings. The Labute approximate surface area is 78.6 Å². The van der Waals surface area contributed by atoms with Gasteiger partial charge in [0.1, 0.15) is 0 Å². The summed E-state index contributed by atoms with van der Waals surface area (Å²) in [4.78, 5) is 2.37. The first kappa shape index (κ1) is 10.1. The van der Waals surface area contributed by atoms with Crippen LogP contribution in [0.3, 0.4) is 0 Å². The Morgan fingerprint density at radius 1 is 1.50 bits per heavy atom. The standard InChI is InChI=1S/C9H17NOS/c1-8(9(7-11)12-2)10-5-3-4-6-10/h3-4,8-9,11H,5-7H2,1-2H3. The summed E-state index contributed by atoms with van der Waals surface area (Å²) in [5.74, 6) is 0. The molecule has 0 aromatic rings. The Balaban J connectivity index is 2.39. The molecule has 2 nitrogen and oxygen atoms in total. The Morgan fingerprint density at radius 3 is 2.50 bits per heavy atom. The fraction of sp³-hybridized carbons (Fsp3) is 0.778. The molecule has 2 atom stereocenters. The van der Waals surface area contributed by atoms with Gasteiger partial charge in [0, 0.05) is 24.4 Å². The zero-order valence-electron chi connectivity index (χ0n) is 7.73. The van der Waals surface area contributed by atoms with Crippen molar-refractivity contribution in [2.45, 2.75) is 18.2 Å². The molecule has 0 fully saturated rings. The topological polar surface area (TPSA) is 23.5 Å². The molecule has 3 heteroatoms. The van der Waals surface area contributed by atoms with E-state index in [9.17, 15) is 0 Å². The van der Waals surface area contributed by atoms with E-state index in [4.69, 9.17) is 5.11 Å². The molecule has 12 heavy (non-hydrogen) atoms. The van der Waals surface area contributed by atoms with E-state index >= 15 is 0 Å². The number of hydrogen-bond acceptors (Lipinski definition) is 3. The summed E-state index contributed by atoms with van der Waals surface area (Å²) in [6.07, 6.45) is 6.43. The molecule has 70 valence electrons. The van der Waals surface area contributed by atoms with Gasteiger partial charge in [0.2, 0.25) is 0 Å². The lowest BCUT2D eigenvalue weighted by Gasteiger charge is -2.29. The lowest BCUT2D eigenvalue weighted by atomic mass is 10.2. The molecule has 1 N–H and O–H groups in total. The monoisotopic (exact) mass is 187 g/mol. The van der Waals surface area contributed by atoms with Gasteiger partial charge in [-0.05, 0) is 13.2 Å². The molecule has 1 aliphatic heterocycles. The molecule has 0 saturated heterocycles. The van der Waals surface area contributed by atoms with Crippen LogP contribution in [0, 0.1) is 0 Å². The fourth-order valence-corrected chi connectivity index (χ4v) is 2.20. The zero-order valence-corrected chi connectivity index (χ0v) is 8.55. The van der Waals surface area contributed by atoms with Crippen molar-refractivity contribution in [3.63, 3.8) is 0 Å². The van der Waals surface area contributed by atoms with Gasteiger partial charge >= 0.3 is 0 Å². The predicted octanol–water partition coefficient (Wildman–Crippen LogP) is 0.971. The molecule has 0 amide bonds. The quantitative estimate of drug-likeness (QED) is 0.663. The van der Waals surface area contributed by atoms with E-state index in [1.165, 1.54) is 0 Å². The van der Waals surface area contributed by atoms with Crippen LogP contribution in [-0.2, 0) is 0 Å². The number of hydrogen-bond donors (Lipinski definition) is 1. The van der Waals surface area contributed by atoms with Crippen LogP contribution in [0.5, 0.6) is 0 Å². The maximum atomic E-state index is 9.09. The summed E-state index contributed by atoms with van der Waals surface area (Å²) in [5, 5.41) is 9.44. The smallest absolute Gasteiger partial charge is 0.0565 e. The number of aliphatic hydroxyl groups excluding tert-OH is 1. The van der Waals surface area contributed by atoms with Crippen molar-refractivity contribution < 1.29 is 5.11 Å². The summed E-state index contributed by atoms with van der Waals surface area (Å²) in [6, 6.07) is 0.472. The lowest BCUT2D eigenvalue weighted by Crippen LogP contribution is -2.40. The van der Waals surface area contributed by atoms with Crippen molar-refractivity contribution in [3.8, 4) is 0 Å². The van der Waals surface area contributed by atoms with Gasteiger partial charge in [-0.25, -0.2) is 0 Å². The van der Waals surface area contributed by atoms with E-state index in [1.807, 2.05) is 0 Å². The highest BCUT2D eigenvalue weighted by Crippen LogP contribution is 2.17. The largest absolute Gasteiger partial charge is 0.395 e. The maximum absolute atomic E-state index is 9.09. The van der Waals surface area contributed by atoms with Crippen molar-refractivity contribution in [1.82, 2.24) is 4.90 Å². The van der Waals surface area contributed by atoms with Crippen LogP contribution in [0.25, 0.3) is 0 Å². The van der Waals surface area contributed by atoms with Crippen LogP contribution in [0.1, 0.15) is 6.92 Å².